The van der Waals surface area contributed by atoms with Gasteiger partial charge < -0.3 is 25.3 Å². The normalized spacial score (nSPS) is 11.5. The van der Waals surface area contributed by atoms with Crippen LogP contribution < -0.4 is 10.6 Å². The lowest BCUT2D eigenvalue weighted by atomic mass is 10.0. The van der Waals surface area contributed by atoms with Gasteiger partial charge in [0.2, 0.25) is 5.91 Å². The quantitative estimate of drug-likeness (QED) is 0.324. The number of carbonyl (C=O) groups excluding carboxylic acids is 3. The standard InChI is InChI=1S/C29H30N4O4/c1-33(2)28(35)22-14-12-20(13-15-22)17-31-27(34)26(16-23-18-30-25-11-7-6-10-24(23)25)32-29(36)37-19-21-8-4-3-5-9-21/h3-15,18,26,30H,16-17,19H2,1-2H3,(H,31,34)(H,32,36). The van der Waals surface area contributed by atoms with Crippen molar-refractivity contribution in [3.8, 4) is 0 Å². The molecule has 4 rings (SSSR count). The molecule has 3 N–H and O–H groups in total. The van der Waals surface area contributed by atoms with E-state index >= 15 is 0 Å². The van der Waals surface area contributed by atoms with Gasteiger partial charge in [0.1, 0.15) is 12.6 Å². The second-order valence-corrected chi connectivity index (χ2v) is 8.94. The summed E-state index contributed by atoms with van der Waals surface area (Å²) in [6, 6.07) is 23.3. The second-order valence-electron chi connectivity index (χ2n) is 8.94. The van der Waals surface area contributed by atoms with Crippen LogP contribution in [0, 0.1) is 0 Å². The number of carbonyl (C=O) groups is 3. The van der Waals surface area contributed by atoms with Crippen LogP contribution in [0.5, 0.6) is 0 Å². The van der Waals surface area contributed by atoms with Gasteiger partial charge in [0.15, 0.2) is 0 Å². The van der Waals surface area contributed by atoms with Crippen molar-refractivity contribution in [2.24, 2.45) is 0 Å². The maximum absolute atomic E-state index is 13.2. The van der Waals surface area contributed by atoms with Gasteiger partial charge in [0.25, 0.3) is 5.91 Å². The molecule has 0 spiro atoms. The number of hydrogen-bond donors (Lipinski definition) is 3. The van der Waals surface area contributed by atoms with Crippen molar-refractivity contribution in [2.45, 2.75) is 25.6 Å². The van der Waals surface area contributed by atoms with Gasteiger partial charge in [-0.1, -0.05) is 60.7 Å². The molecular formula is C29H30N4O4. The molecule has 0 aliphatic heterocycles. The molecule has 1 aromatic heterocycles. The molecule has 0 aliphatic rings. The predicted molar refractivity (Wildman–Crippen MR) is 142 cm³/mol. The van der Waals surface area contributed by atoms with Crippen molar-refractivity contribution in [2.75, 3.05) is 14.1 Å². The molecule has 4 aromatic rings. The molecule has 0 radical (unpaired) electrons. The molecule has 37 heavy (non-hydrogen) atoms. The first kappa shape index (κ1) is 25.5. The molecule has 0 fully saturated rings. The van der Waals surface area contributed by atoms with Gasteiger partial charge in [-0.25, -0.2) is 4.79 Å². The highest BCUT2D eigenvalue weighted by atomic mass is 16.5. The summed E-state index contributed by atoms with van der Waals surface area (Å²) in [5.41, 5.74) is 4.12. The number of ether oxygens (including phenoxy) is 1. The summed E-state index contributed by atoms with van der Waals surface area (Å²) < 4.78 is 5.36. The lowest BCUT2D eigenvalue weighted by Crippen LogP contribution is -2.48. The zero-order chi connectivity index (χ0) is 26.2. The van der Waals surface area contributed by atoms with Crippen LogP contribution in [0.4, 0.5) is 4.79 Å². The first-order chi connectivity index (χ1) is 17.9. The van der Waals surface area contributed by atoms with Gasteiger partial charge in [-0.2, -0.15) is 0 Å². The highest BCUT2D eigenvalue weighted by molar-refractivity contribution is 5.94. The number of amides is 3. The van der Waals surface area contributed by atoms with E-state index in [-0.39, 0.29) is 31.4 Å². The van der Waals surface area contributed by atoms with Crippen molar-refractivity contribution >= 4 is 28.8 Å². The Labute approximate surface area is 215 Å². The van der Waals surface area contributed by atoms with Crippen LogP contribution in [-0.4, -0.2) is 47.9 Å². The average Bonchev–Trinajstić information content (AvgIpc) is 3.33. The molecule has 3 aromatic carbocycles. The van der Waals surface area contributed by atoms with Crippen LogP contribution in [0.15, 0.2) is 85.1 Å². The van der Waals surface area contributed by atoms with Gasteiger partial charge in [0.05, 0.1) is 0 Å². The smallest absolute Gasteiger partial charge is 0.408 e. The fourth-order valence-electron chi connectivity index (χ4n) is 3.97. The van der Waals surface area contributed by atoms with E-state index in [1.807, 2.05) is 60.8 Å². The molecule has 8 nitrogen and oxygen atoms in total. The number of benzene rings is 3. The van der Waals surface area contributed by atoms with E-state index in [0.717, 1.165) is 27.6 Å². The number of rotatable bonds is 9. The third-order valence-corrected chi connectivity index (χ3v) is 5.99. The van der Waals surface area contributed by atoms with Crippen LogP contribution >= 0.6 is 0 Å². The zero-order valence-corrected chi connectivity index (χ0v) is 20.9. The van der Waals surface area contributed by atoms with Crippen LogP contribution in [-0.2, 0) is 29.1 Å². The lowest BCUT2D eigenvalue weighted by Gasteiger charge is -2.18. The maximum atomic E-state index is 13.2. The molecule has 0 saturated carbocycles. The SMILES string of the molecule is CN(C)C(=O)c1ccc(CNC(=O)C(Cc2c[nH]c3ccccc23)NC(=O)OCc2ccccc2)cc1. The minimum absolute atomic E-state index is 0.0902. The van der Waals surface area contributed by atoms with Gasteiger partial charge in [0, 0.05) is 49.7 Å². The van der Waals surface area contributed by atoms with Gasteiger partial charge in [-0.3, -0.25) is 9.59 Å². The topological polar surface area (TPSA) is 104 Å². The molecule has 1 atom stereocenters. The summed E-state index contributed by atoms with van der Waals surface area (Å²) >= 11 is 0. The van der Waals surface area contributed by atoms with E-state index in [9.17, 15) is 14.4 Å². The number of para-hydroxylation sites is 1. The van der Waals surface area contributed by atoms with E-state index in [4.69, 9.17) is 4.74 Å². The monoisotopic (exact) mass is 498 g/mol. The number of aromatic nitrogens is 1. The molecule has 1 unspecified atom stereocenters. The zero-order valence-electron chi connectivity index (χ0n) is 20.9. The fourth-order valence-corrected chi connectivity index (χ4v) is 3.97. The first-order valence-corrected chi connectivity index (χ1v) is 12.0. The van der Waals surface area contributed by atoms with Gasteiger partial charge in [-0.05, 0) is 34.9 Å². The number of fused-ring (bicyclic) bond motifs is 1. The number of nitrogens with zero attached hydrogens (tertiary/aromatic N) is 1. The van der Waals surface area contributed by atoms with E-state index in [0.29, 0.717) is 5.56 Å². The summed E-state index contributed by atoms with van der Waals surface area (Å²) in [5, 5.41) is 6.61. The lowest BCUT2D eigenvalue weighted by molar-refractivity contribution is -0.123. The van der Waals surface area contributed by atoms with Crippen molar-refractivity contribution in [1.82, 2.24) is 20.5 Å². The third kappa shape index (κ3) is 6.76. The molecule has 0 saturated heterocycles. The van der Waals surface area contributed by atoms with Crippen molar-refractivity contribution < 1.29 is 19.1 Å². The summed E-state index contributed by atoms with van der Waals surface area (Å²) in [6.07, 6.45) is 1.46. The highest BCUT2D eigenvalue weighted by Gasteiger charge is 2.23. The minimum Gasteiger partial charge on any atom is -0.445 e. The summed E-state index contributed by atoms with van der Waals surface area (Å²) in [7, 11) is 3.39. The predicted octanol–water partition coefficient (Wildman–Crippen LogP) is 4.02. The molecule has 1 heterocycles. The van der Waals surface area contributed by atoms with E-state index in [2.05, 4.69) is 15.6 Å². The van der Waals surface area contributed by atoms with Crippen molar-refractivity contribution in [1.29, 1.82) is 0 Å². The summed E-state index contributed by atoms with van der Waals surface area (Å²) in [6.45, 7) is 0.354. The fraction of sp³-hybridized carbons (Fsp3) is 0.207. The number of nitrogens with one attached hydrogen (secondary N) is 3. The second kappa shape index (κ2) is 11.9. The Balaban J connectivity index is 1.43. The molecule has 0 bridgehead atoms. The Kier molecular flexibility index (Phi) is 8.20. The van der Waals surface area contributed by atoms with E-state index in [1.165, 1.54) is 4.90 Å². The summed E-state index contributed by atoms with van der Waals surface area (Å²) in [5.74, 6) is -0.428. The number of H-pyrrole nitrogens is 1. The largest absolute Gasteiger partial charge is 0.445 e. The molecular weight excluding hydrogens is 468 g/mol. The number of aromatic amines is 1. The number of hydrogen-bond acceptors (Lipinski definition) is 4. The Morgan fingerprint density at radius 3 is 2.32 bits per heavy atom. The highest BCUT2D eigenvalue weighted by Crippen LogP contribution is 2.19. The van der Waals surface area contributed by atoms with E-state index < -0.39 is 12.1 Å². The molecule has 8 heteroatoms. The summed E-state index contributed by atoms with van der Waals surface area (Å²) in [4.78, 5) is 42.6. The minimum atomic E-state index is -0.850. The van der Waals surface area contributed by atoms with Gasteiger partial charge >= 0.3 is 6.09 Å². The first-order valence-electron chi connectivity index (χ1n) is 12.0. The molecule has 3 amide bonds. The Morgan fingerprint density at radius 2 is 1.59 bits per heavy atom. The average molecular weight is 499 g/mol. The van der Waals surface area contributed by atoms with Crippen LogP contribution in [0.1, 0.15) is 27.0 Å². The van der Waals surface area contributed by atoms with Gasteiger partial charge in [-0.15, -0.1) is 0 Å². The molecule has 0 aliphatic carbocycles. The van der Waals surface area contributed by atoms with E-state index in [1.54, 1.807) is 38.4 Å². The Bertz CT molecular complexity index is 1360. The Hall–Kier alpha value is -4.59. The van der Waals surface area contributed by atoms with Crippen LogP contribution in [0.2, 0.25) is 0 Å². The third-order valence-electron chi connectivity index (χ3n) is 5.99. The molecule has 190 valence electrons. The number of alkyl carbamates (subject to hydrolysis) is 1. The van der Waals surface area contributed by atoms with Crippen LogP contribution in [0.3, 0.4) is 0 Å². The van der Waals surface area contributed by atoms with Crippen molar-refractivity contribution in [3.63, 3.8) is 0 Å². The van der Waals surface area contributed by atoms with Crippen molar-refractivity contribution in [3.05, 3.63) is 107 Å². The van der Waals surface area contributed by atoms with Crippen LogP contribution in [0.25, 0.3) is 10.9 Å². The maximum Gasteiger partial charge on any atom is 0.408 e. The Morgan fingerprint density at radius 1 is 0.892 bits per heavy atom.